The summed E-state index contributed by atoms with van der Waals surface area (Å²) < 4.78 is 0. The van der Waals surface area contributed by atoms with Gasteiger partial charge in [0.05, 0.1) is 6.33 Å². The van der Waals surface area contributed by atoms with Gasteiger partial charge in [-0.2, -0.15) is 0 Å². The van der Waals surface area contributed by atoms with Crippen LogP contribution in [0.5, 0.6) is 0 Å². The number of carbonyl (C=O) groups excluding carboxylic acids is 1. The van der Waals surface area contributed by atoms with E-state index in [2.05, 4.69) is 9.97 Å². The van der Waals surface area contributed by atoms with Gasteiger partial charge in [0, 0.05) is 12.2 Å². The molecule has 1 aromatic carbocycles. The van der Waals surface area contributed by atoms with E-state index >= 15 is 0 Å². The fourth-order valence-corrected chi connectivity index (χ4v) is 1.80. The molecular weight excluding hydrogens is 246 g/mol. The first kappa shape index (κ1) is 12.8. The van der Waals surface area contributed by atoms with Gasteiger partial charge in [-0.05, 0) is 19.1 Å². The number of anilines is 1. The van der Waals surface area contributed by atoms with Gasteiger partial charge in [0.2, 0.25) is 0 Å². The van der Waals surface area contributed by atoms with E-state index in [0.717, 1.165) is 0 Å². The van der Waals surface area contributed by atoms with Gasteiger partial charge >= 0.3 is 5.97 Å². The number of aromatic amines is 1. The lowest BCUT2D eigenvalue weighted by molar-refractivity contribution is 0.0686. The highest BCUT2D eigenvalue weighted by molar-refractivity contribution is 6.09. The molecule has 2 N–H and O–H groups in total. The van der Waals surface area contributed by atoms with Crippen molar-refractivity contribution in [3.8, 4) is 0 Å². The zero-order chi connectivity index (χ0) is 13.8. The van der Waals surface area contributed by atoms with Crippen LogP contribution in [0.3, 0.4) is 0 Å². The van der Waals surface area contributed by atoms with Crippen molar-refractivity contribution in [2.24, 2.45) is 0 Å². The smallest absolute Gasteiger partial charge is 0.354 e. The number of H-pyrrole nitrogens is 1. The maximum Gasteiger partial charge on any atom is 0.354 e. The van der Waals surface area contributed by atoms with Gasteiger partial charge in [-0.25, -0.2) is 9.78 Å². The third kappa shape index (κ3) is 2.47. The third-order valence-corrected chi connectivity index (χ3v) is 2.69. The van der Waals surface area contributed by atoms with Crippen molar-refractivity contribution in [1.29, 1.82) is 0 Å². The number of aromatic nitrogens is 2. The lowest BCUT2D eigenvalue weighted by Gasteiger charge is -2.20. The molecule has 0 aliphatic carbocycles. The van der Waals surface area contributed by atoms with Crippen molar-refractivity contribution in [1.82, 2.24) is 9.97 Å². The Kier molecular flexibility index (Phi) is 3.61. The average Bonchev–Trinajstić information content (AvgIpc) is 2.90. The standard InChI is InChI=1S/C13H13N3O3/c1-2-16(9-6-4-3-5-7-9)12(17)10-11(13(18)19)15-8-14-10/h3-8H,2H2,1H3,(H,14,15)(H,18,19). The lowest BCUT2D eigenvalue weighted by Crippen LogP contribution is -2.32. The zero-order valence-corrected chi connectivity index (χ0v) is 10.3. The minimum atomic E-state index is -1.20. The number of imidazole rings is 1. The molecule has 0 aliphatic heterocycles. The van der Waals surface area contributed by atoms with Crippen molar-refractivity contribution in [2.75, 3.05) is 11.4 Å². The van der Waals surface area contributed by atoms with E-state index in [1.54, 1.807) is 12.1 Å². The van der Waals surface area contributed by atoms with Gasteiger partial charge in [-0.3, -0.25) is 4.79 Å². The molecule has 6 nitrogen and oxygen atoms in total. The molecule has 0 bridgehead atoms. The van der Waals surface area contributed by atoms with Crippen LogP contribution in [0, 0.1) is 0 Å². The first-order valence-corrected chi connectivity index (χ1v) is 5.78. The Morgan fingerprint density at radius 1 is 1.32 bits per heavy atom. The number of benzene rings is 1. The fraction of sp³-hybridized carbons (Fsp3) is 0.154. The Balaban J connectivity index is 2.37. The van der Waals surface area contributed by atoms with E-state index < -0.39 is 11.9 Å². The Morgan fingerprint density at radius 3 is 2.58 bits per heavy atom. The largest absolute Gasteiger partial charge is 0.477 e. The molecule has 0 unspecified atom stereocenters. The average molecular weight is 259 g/mol. The zero-order valence-electron chi connectivity index (χ0n) is 10.3. The third-order valence-electron chi connectivity index (χ3n) is 2.69. The highest BCUT2D eigenvalue weighted by Crippen LogP contribution is 2.17. The summed E-state index contributed by atoms with van der Waals surface area (Å²) in [7, 11) is 0. The molecule has 0 aliphatic rings. The van der Waals surface area contributed by atoms with Gasteiger partial charge in [0.15, 0.2) is 11.4 Å². The van der Waals surface area contributed by atoms with Crippen LogP contribution < -0.4 is 4.90 Å². The monoisotopic (exact) mass is 259 g/mol. The highest BCUT2D eigenvalue weighted by atomic mass is 16.4. The molecule has 0 saturated heterocycles. The summed E-state index contributed by atoms with van der Waals surface area (Å²) in [6.45, 7) is 2.24. The number of hydrogen-bond donors (Lipinski definition) is 2. The summed E-state index contributed by atoms with van der Waals surface area (Å²) in [6.07, 6.45) is 1.20. The van der Waals surface area contributed by atoms with Crippen molar-refractivity contribution in [3.63, 3.8) is 0 Å². The van der Waals surface area contributed by atoms with Gasteiger partial charge in [0.25, 0.3) is 5.91 Å². The van der Waals surface area contributed by atoms with E-state index in [1.165, 1.54) is 11.2 Å². The van der Waals surface area contributed by atoms with Crippen molar-refractivity contribution < 1.29 is 14.7 Å². The Bertz CT molecular complexity index is 592. The van der Waals surface area contributed by atoms with Gasteiger partial charge in [-0.15, -0.1) is 0 Å². The van der Waals surface area contributed by atoms with Crippen LogP contribution in [0.2, 0.25) is 0 Å². The van der Waals surface area contributed by atoms with Crippen LogP contribution in [0.25, 0.3) is 0 Å². The normalized spacial score (nSPS) is 10.2. The molecule has 0 spiro atoms. The summed E-state index contributed by atoms with van der Waals surface area (Å²) in [6, 6.07) is 9.05. The molecule has 0 saturated carbocycles. The van der Waals surface area contributed by atoms with E-state index in [0.29, 0.717) is 12.2 Å². The summed E-state index contributed by atoms with van der Waals surface area (Å²) in [5, 5.41) is 8.99. The predicted molar refractivity (Wildman–Crippen MR) is 69.3 cm³/mol. The summed E-state index contributed by atoms with van der Waals surface area (Å²) in [5.74, 6) is -1.64. The van der Waals surface area contributed by atoms with E-state index in [4.69, 9.17) is 5.11 Å². The predicted octanol–water partition coefficient (Wildman–Crippen LogP) is 1.77. The summed E-state index contributed by atoms with van der Waals surface area (Å²) >= 11 is 0. The van der Waals surface area contributed by atoms with Gasteiger partial charge < -0.3 is 15.0 Å². The number of hydrogen-bond acceptors (Lipinski definition) is 3. The molecule has 1 amide bonds. The fourth-order valence-electron chi connectivity index (χ4n) is 1.80. The lowest BCUT2D eigenvalue weighted by atomic mass is 10.2. The molecule has 2 rings (SSSR count). The number of carboxylic acids is 1. The topological polar surface area (TPSA) is 86.3 Å². The summed E-state index contributed by atoms with van der Waals surface area (Å²) in [4.78, 5) is 31.1. The first-order valence-electron chi connectivity index (χ1n) is 5.78. The van der Waals surface area contributed by atoms with E-state index in [1.807, 2.05) is 25.1 Å². The number of amides is 1. The molecule has 0 fully saturated rings. The molecule has 1 heterocycles. The molecule has 98 valence electrons. The molecule has 0 radical (unpaired) electrons. The molecule has 6 heteroatoms. The quantitative estimate of drug-likeness (QED) is 0.876. The van der Waals surface area contributed by atoms with Crippen LogP contribution in [-0.4, -0.2) is 33.5 Å². The summed E-state index contributed by atoms with van der Waals surface area (Å²) in [5.41, 5.74) is 0.423. The minimum Gasteiger partial charge on any atom is -0.477 e. The number of nitrogens with one attached hydrogen (secondary N) is 1. The number of para-hydroxylation sites is 1. The minimum absolute atomic E-state index is 0.0850. The molecule has 0 atom stereocenters. The van der Waals surface area contributed by atoms with Crippen molar-refractivity contribution in [2.45, 2.75) is 6.92 Å². The van der Waals surface area contributed by atoms with E-state index in [9.17, 15) is 9.59 Å². The van der Waals surface area contributed by atoms with Gasteiger partial charge in [0.1, 0.15) is 0 Å². The Hall–Kier alpha value is -2.63. The second kappa shape index (κ2) is 5.34. The number of carbonyl (C=O) groups is 2. The highest BCUT2D eigenvalue weighted by Gasteiger charge is 2.24. The van der Waals surface area contributed by atoms with Crippen LogP contribution in [0.4, 0.5) is 5.69 Å². The van der Waals surface area contributed by atoms with E-state index in [-0.39, 0.29) is 11.4 Å². The second-order valence-electron chi connectivity index (χ2n) is 3.82. The maximum absolute atomic E-state index is 12.3. The Labute approximate surface area is 109 Å². The number of aromatic carboxylic acids is 1. The van der Waals surface area contributed by atoms with Crippen LogP contribution in [0.15, 0.2) is 36.7 Å². The second-order valence-corrected chi connectivity index (χ2v) is 3.82. The number of carboxylic acid groups (broad SMARTS) is 1. The van der Waals surface area contributed by atoms with Crippen LogP contribution >= 0.6 is 0 Å². The number of nitrogens with zero attached hydrogens (tertiary/aromatic N) is 2. The SMILES string of the molecule is CCN(C(=O)c1nc[nH]c1C(=O)O)c1ccccc1. The van der Waals surface area contributed by atoms with Crippen LogP contribution in [0.1, 0.15) is 27.9 Å². The molecule has 19 heavy (non-hydrogen) atoms. The first-order chi connectivity index (χ1) is 9.15. The Morgan fingerprint density at radius 2 is 2.00 bits per heavy atom. The van der Waals surface area contributed by atoms with Crippen LogP contribution in [-0.2, 0) is 0 Å². The molecular formula is C13H13N3O3. The van der Waals surface area contributed by atoms with Gasteiger partial charge in [-0.1, -0.05) is 18.2 Å². The maximum atomic E-state index is 12.3. The number of rotatable bonds is 4. The molecule has 2 aromatic rings. The van der Waals surface area contributed by atoms with Crippen molar-refractivity contribution >= 4 is 17.6 Å². The molecule has 1 aromatic heterocycles. The van der Waals surface area contributed by atoms with Crippen molar-refractivity contribution in [3.05, 3.63) is 48.0 Å².